The Morgan fingerprint density at radius 1 is 0.909 bits per heavy atom. The first-order chi connectivity index (χ1) is 5.45. The summed E-state index contributed by atoms with van der Waals surface area (Å²) in [5.74, 6) is 0. The van der Waals surface area contributed by atoms with Gasteiger partial charge in [-0.3, -0.25) is 0 Å². The summed E-state index contributed by atoms with van der Waals surface area (Å²) in [6, 6.07) is 0. The molecule has 0 aromatic heterocycles. The molecule has 0 radical (unpaired) electrons. The molecule has 0 atom stereocenters. The monoisotopic (exact) mass is 374 g/mol. The van der Waals surface area contributed by atoms with Crippen molar-refractivity contribution in [1.29, 1.82) is 0 Å². The second-order valence-corrected chi connectivity index (χ2v) is 7.16. The van der Waals surface area contributed by atoms with Crippen molar-refractivity contribution in [3.8, 4) is 0 Å². The molecule has 1 nitrogen and oxygen atoms in total. The van der Waals surface area contributed by atoms with Gasteiger partial charge in [0.2, 0.25) is 0 Å². The fourth-order valence-corrected chi connectivity index (χ4v) is 4.60. The molecule has 2 heterocycles. The van der Waals surface area contributed by atoms with Gasteiger partial charge < -0.3 is 0 Å². The molecule has 3 heteroatoms. The molecule has 0 unspecified atom stereocenters. The van der Waals surface area contributed by atoms with Crippen LogP contribution in [0.4, 0.5) is 0 Å². The summed E-state index contributed by atoms with van der Waals surface area (Å²) >= 11 is -0.187. The second-order valence-electron chi connectivity index (χ2n) is 1.97. The summed E-state index contributed by atoms with van der Waals surface area (Å²) in [4.78, 5) is 0. The molecule has 2 rings (SSSR count). The van der Waals surface area contributed by atoms with Gasteiger partial charge in [-0.05, 0) is 0 Å². The van der Waals surface area contributed by atoms with Crippen LogP contribution in [0, 0.1) is 0 Å². The van der Waals surface area contributed by atoms with E-state index in [0.717, 1.165) is 0 Å². The van der Waals surface area contributed by atoms with Crippen molar-refractivity contribution in [2.24, 2.45) is 0 Å². The molecule has 0 aromatic rings. The average Bonchev–Trinajstić information content (AvgIpc) is 2.60. The standard InChI is InChI=1S/C8H8I2O/c1-3-7(9-5-1)11-8-4-2-6-10-8/h1-6,9-10H. The Labute approximate surface area is 86.4 Å². The summed E-state index contributed by atoms with van der Waals surface area (Å²) in [7, 11) is 0. The van der Waals surface area contributed by atoms with E-state index in [1.807, 2.05) is 0 Å². The summed E-state index contributed by atoms with van der Waals surface area (Å²) in [5, 5.41) is 0. The van der Waals surface area contributed by atoms with Gasteiger partial charge in [-0.15, -0.1) is 0 Å². The molecule has 0 saturated carbocycles. The second kappa shape index (κ2) is 3.75. The molecule has 0 aromatic carbocycles. The first-order valence-electron chi connectivity index (χ1n) is 3.20. The predicted octanol–water partition coefficient (Wildman–Crippen LogP) is 3.15. The third kappa shape index (κ3) is 2.08. The van der Waals surface area contributed by atoms with Crippen LogP contribution in [0.15, 0.2) is 40.0 Å². The van der Waals surface area contributed by atoms with Gasteiger partial charge in [0.25, 0.3) is 0 Å². The van der Waals surface area contributed by atoms with Crippen molar-refractivity contribution < 1.29 is 4.74 Å². The van der Waals surface area contributed by atoms with Crippen LogP contribution in [-0.4, -0.2) is 0 Å². The van der Waals surface area contributed by atoms with E-state index < -0.39 is 0 Å². The SMILES string of the molecule is C1=C[IH]C(OC2=CC=C[IH]2)=C1. The number of ether oxygens (including phenoxy) is 1. The molecule has 0 spiro atoms. The minimum atomic E-state index is -0.0937. The molecule has 0 amide bonds. The number of rotatable bonds is 2. The van der Waals surface area contributed by atoms with E-state index >= 15 is 0 Å². The number of hydrogen-bond acceptors (Lipinski definition) is 1. The van der Waals surface area contributed by atoms with E-state index in [2.05, 4.69) is 32.5 Å². The molecule has 60 valence electrons. The van der Waals surface area contributed by atoms with Gasteiger partial charge in [0.15, 0.2) is 0 Å². The van der Waals surface area contributed by atoms with E-state index in [4.69, 9.17) is 4.74 Å². The molecule has 2 aliphatic heterocycles. The predicted molar refractivity (Wildman–Crippen MR) is 66.4 cm³/mol. The topological polar surface area (TPSA) is 9.23 Å². The number of allylic oxidation sites excluding steroid dienone is 4. The van der Waals surface area contributed by atoms with E-state index in [9.17, 15) is 0 Å². The molecule has 11 heavy (non-hydrogen) atoms. The quantitative estimate of drug-likeness (QED) is 0.676. The average molecular weight is 374 g/mol. The van der Waals surface area contributed by atoms with Crippen LogP contribution in [-0.2, 0) is 4.74 Å². The number of halogens is 2. The molecule has 2 aliphatic rings. The normalized spacial score (nSPS) is 21.8. The molecule has 0 saturated heterocycles. The maximum absolute atomic E-state index is 5.68. The Morgan fingerprint density at radius 2 is 1.45 bits per heavy atom. The Balaban J connectivity index is 1.91. The van der Waals surface area contributed by atoms with Crippen LogP contribution in [0.2, 0.25) is 0 Å². The van der Waals surface area contributed by atoms with Crippen LogP contribution in [0.25, 0.3) is 0 Å². The zero-order valence-corrected chi connectivity index (χ0v) is 10.3. The molecule has 0 fully saturated rings. The van der Waals surface area contributed by atoms with Gasteiger partial charge in [-0.25, -0.2) is 0 Å². The van der Waals surface area contributed by atoms with Crippen molar-refractivity contribution in [2.75, 3.05) is 0 Å². The van der Waals surface area contributed by atoms with E-state index in [0.29, 0.717) is 0 Å². The van der Waals surface area contributed by atoms with Crippen molar-refractivity contribution in [2.45, 2.75) is 0 Å². The maximum atomic E-state index is 5.68. The first-order valence-corrected chi connectivity index (χ1v) is 8.22. The summed E-state index contributed by atoms with van der Waals surface area (Å²) in [5.41, 5.74) is 0. The Morgan fingerprint density at radius 3 is 1.82 bits per heavy atom. The van der Waals surface area contributed by atoms with Gasteiger partial charge in [0.05, 0.1) is 0 Å². The van der Waals surface area contributed by atoms with Gasteiger partial charge >= 0.3 is 87.1 Å². The fraction of sp³-hybridized carbons (Fsp3) is 0. The summed E-state index contributed by atoms with van der Waals surface area (Å²) in [6.45, 7) is 0. The van der Waals surface area contributed by atoms with E-state index in [-0.39, 0.29) is 42.4 Å². The van der Waals surface area contributed by atoms with Crippen molar-refractivity contribution in [1.82, 2.24) is 0 Å². The third-order valence-corrected chi connectivity index (χ3v) is 5.44. The fourth-order valence-electron chi connectivity index (χ4n) is 0.742. The molecule has 0 N–H and O–H groups in total. The van der Waals surface area contributed by atoms with Crippen molar-refractivity contribution in [3.05, 3.63) is 40.0 Å². The Hall–Kier alpha value is 0.220. The van der Waals surface area contributed by atoms with Crippen LogP contribution >= 0.6 is 42.4 Å². The van der Waals surface area contributed by atoms with Crippen LogP contribution < -0.4 is 0 Å². The zero-order chi connectivity index (χ0) is 7.52. The van der Waals surface area contributed by atoms with Crippen molar-refractivity contribution >= 4 is 42.4 Å². The van der Waals surface area contributed by atoms with E-state index in [1.54, 1.807) is 0 Å². The first kappa shape index (κ1) is 7.85. The molecular weight excluding hydrogens is 366 g/mol. The van der Waals surface area contributed by atoms with Gasteiger partial charge in [-0.2, -0.15) is 0 Å². The van der Waals surface area contributed by atoms with Gasteiger partial charge in [0, 0.05) is 0 Å². The van der Waals surface area contributed by atoms with Crippen molar-refractivity contribution in [3.63, 3.8) is 0 Å². The molecule has 0 aliphatic carbocycles. The van der Waals surface area contributed by atoms with Crippen LogP contribution in [0.1, 0.15) is 0 Å². The van der Waals surface area contributed by atoms with Gasteiger partial charge in [0.1, 0.15) is 0 Å². The number of hydrogen-bond donors (Lipinski definition) is 0. The Kier molecular flexibility index (Phi) is 2.68. The molecule has 0 bridgehead atoms. The van der Waals surface area contributed by atoms with E-state index in [1.165, 1.54) is 7.53 Å². The van der Waals surface area contributed by atoms with Crippen LogP contribution in [0.5, 0.6) is 0 Å². The molecular formula is C8H8I2O. The zero-order valence-electron chi connectivity index (χ0n) is 5.69. The van der Waals surface area contributed by atoms with Gasteiger partial charge in [-0.1, -0.05) is 0 Å². The summed E-state index contributed by atoms with van der Waals surface area (Å²) in [6.07, 6.45) is 8.38. The summed E-state index contributed by atoms with van der Waals surface area (Å²) < 4.78 is 12.6. The Bertz CT molecular complexity index is 246. The minimum absolute atomic E-state index is 0.0937. The third-order valence-electron chi connectivity index (χ3n) is 1.19. The van der Waals surface area contributed by atoms with Crippen LogP contribution in [0.3, 0.4) is 0 Å².